The van der Waals surface area contributed by atoms with Crippen LogP contribution in [0.5, 0.6) is 0 Å². The minimum Gasteiger partial charge on any atom is -0.306 e. The van der Waals surface area contributed by atoms with Gasteiger partial charge in [0.25, 0.3) is 0 Å². The summed E-state index contributed by atoms with van der Waals surface area (Å²) in [5.41, 5.74) is 2.66. The lowest BCUT2D eigenvalue weighted by Gasteiger charge is -2.10. The van der Waals surface area contributed by atoms with E-state index in [-0.39, 0.29) is 0 Å². The molecule has 0 bridgehead atoms. The molecule has 0 saturated carbocycles. The fourth-order valence-electron chi connectivity index (χ4n) is 1.50. The van der Waals surface area contributed by atoms with Gasteiger partial charge in [-0.15, -0.1) is 0 Å². The lowest BCUT2D eigenvalue weighted by atomic mass is 10.2. The van der Waals surface area contributed by atoms with Gasteiger partial charge >= 0.3 is 0 Å². The van der Waals surface area contributed by atoms with Crippen LogP contribution in [0.3, 0.4) is 0 Å². The lowest BCUT2D eigenvalue weighted by Crippen LogP contribution is -2.21. The summed E-state index contributed by atoms with van der Waals surface area (Å²) >= 11 is 0. The quantitative estimate of drug-likeness (QED) is 0.583. The Balaban J connectivity index is 2.20. The van der Waals surface area contributed by atoms with E-state index in [9.17, 15) is 0 Å². The maximum absolute atomic E-state index is 4.20. The number of rotatable bonds is 0. The first-order chi connectivity index (χ1) is 5.36. The molecular weight excluding hydrogens is 138 g/mol. The van der Waals surface area contributed by atoms with Crippen molar-refractivity contribution in [1.82, 2.24) is 15.1 Å². The van der Waals surface area contributed by atoms with Crippen molar-refractivity contribution in [1.29, 1.82) is 0 Å². The molecule has 0 atom stereocenters. The van der Waals surface area contributed by atoms with Crippen molar-refractivity contribution in [2.45, 2.75) is 12.8 Å². The van der Waals surface area contributed by atoms with E-state index in [0.29, 0.717) is 0 Å². The first-order valence-corrected chi connectivity index (χ1v) is 4.06. The first kappa shape index (κ1) is 6.85. The average Bonchev–Trinajstić information content (AvgIpc) is 2.38. The molecule has 0 unspecified atom stereocenters. The molecule has 0 amide bonds. The third-order valence-electron chi connectivity index (χ3n) is 2.30. The topological polar surface area (TPSA) is 31.9 Å². The summed E-state index contributed by atoms with van der Waals surface area (Å²) < 4.78 is 0. The lowest BCUT2D eigenvalue weighted by molar-refractivity contribution is 0.351. The predicted octanol–water partition coefficient (Wildman–Crippen LogP) is 0.440. The molecule has 0 saturated heterocycles. The fraction of sp³-hybridized carbons (Fsp3) is 0.625. The number of hydrogen-bond donors (Lipinski definition) is 1. The van der Waals surface area contributed by atoms with Crippen molar-refractivity contribution >= 4 is 0 Å². The highest BCUT2D eigenvalue weighted by atomic mass is 15.1. The number of likely N-dealkylation sites (N-methyl/N-ethyl adjacent to an activating group) is 1. The number of nitrogens with one attached hydrogen (secondary N) is 1. The van der Waals surface area contributed by atoms with Gasteiger partial charge in [0, 0.05) is 25.7 Å². The number of fused-ring (bicyclic) bond motifs is 1. The molecule has 3 heteroatoms. The Morgan fingerprint density at radius 1 is 1.45 bits per heavy atom. The van der Waals surface area contributed by atoms with Gasteiger partial charge in [-0.3, -0.25) is 5.10 Å². The van der Waals surface area contributed by atoms with E-state index in [2.05, 4.69) is 22.1 Å². The summed E-state index contributed by atoms with van der Waals surface area (Å²) in [4.78, 5) is 2.35. The van der Waals surface area contributed by atoms with Crippen LogP contribution in [-0.2, 0) is 12.8 Å². The van der Waals surface area contributed by atoms with Gasteiger partial charge in [0.15, 0.2) is 0 Å². The third-order valence-corrected chi connectivity index (χ3v) is 2.30. The molecule has 11 heavy (non-hydrogen) atoms. The second kappa shape index (κ2) is 2.66. The van der Waals surface area contributed by atoms with Gasteiger partial charge in [-0.25, -0.2) is 0 Å². The number of aromatic amines is 1. The molecule has 0 aliphatic carbocycles. The molecule has 0 radical (unpaired) electrons. The van der Waals surface area contributed by atoms with E-state index in [1.165, 1.54) is 11.3 Å². The van der Waals surface area contributed by atoms with E-state index in [4.69, 9.17) is 0 Å². The molecule has 0 aromatic carbocycles. The minimum atomic E-state index is 1.09. The SMILES string of the molecule is CN1CCc2c[nH]nc2CC1. The highest BCUT2D eigenvalue weighted by Crippen LogP contribution is 2.10. The zero-order valence-corrected chi connectivity index (χ0v) is 6.80. The van der Waals surface area contributed by atoms with E-state index in [0.717, 1.165) is 25.9 Å². The predicted molar refractivity (Wildman–Crippen MR) is 43.5 cm³/mol. The molecule has 1 aromatic heterocycles. The summed E-state index contributed by atoms with van der Waals surface area (Å²) in [5, 5.41) is 7.11. The van der Waals surface area contributed by atoms with Crippen molar-refractivity contribution in [2.75, 3.05) is 20.1 Å². The largest absolute Gasteiger partial charge is 0.306 e. The van der Waals surface area contributed by atoms with Gasteiger partial charge in [0.2, 0.25) is 0 Å². The fourth-order valence-corrected chi connectivity index (χ4v) is 1.50. The van der Waals surface area contributed by atoms with Gasteiger partial charge in [-0.05, 0) is 19.0 Å². The van der Waals surface area contributed by atoms with Gasteiger partial charge in [0.1, 0.15) is 0 Å². The molecule has 60 valence electrons. The van der Waals surface area contributed by atoms with Crippen LogP contribution >= 0.6 is 0 Å². The normalized spacial score (nSPS) is 19.4. The average molecular weight is 151 g/mol. The van der Waals surface area contributed by atoms with Crippen molar-refractivity contribution in [3.63, 3.8) is 0 Å². The molecule has 3 nitrogen and oxygen atoms in total. The molecule has 1 aliphatic rings. The monoisotopic (exact) mass is 151 g/mol. The van der Waals surface area contributed by atoms with Crippen LogP contribution in [-0.4, -0.2) is 35.2 Å². The number of nitrogens with zero attached hydrogens (tertiary/aromatic N) is 2. The third kappa shape index (κ3) is 1.28. The highest BCUT2D eigenvalue weighted by molar-refractivity contribution is 5.18. The zero-order valence-electron chi connectivity index (χ0n) is 6.80. The van der Waals surface area contributed by atoms with Crippen molar-refractivity contribution in [2.24, 2.45) is 0 Å². The summed E-state index contributed by atoms with van der Waals surface area (Å²) in [5.74, 6) is 0. The van der Waals surface area contributed by atoms with Crippen molar-refractivity contribution in [3.05, 3.63) is 17.5 Å². The Morgan fingerprint density at radius 2 is 2.27 bits per heavy atom. The maximum Gasteiger partial charge on any atom is 0.0667 e. The van der Waals surface area contributed by atoms with E-state index in [1.807, 2.05) is 6.20 Å². The summed E-state index contributed by atoms with van der Waals surface area (Å²) in [7, 11) is 2.16. The van der Waals surface area contributed by atoms with E-state index >= 15 is 0 Å². The molecular formula is C8H13N3. The summed E-state index contributed by atoms with van der Waals surface area (Å²) in [6, 6.07) is 0. The molecule has 2 rings (SSSR count). The number of H-pyrrole nitrogens is 1. The van der Waals surface area contributed by atoms with E-state index < -0.39 is 0 Å². The zero-order chi connectivity index (χ0) is 7.68. The van der Waals surface area contributed by atoms with Crippen LogP contribution in [0, 0.1) is 0 Å². The van der Waals surface area contributed by atoms with Crippen molar-refractivity contribution in [3.8, 4) is 0 Å². The molecule has 2 heterocycles. The molecule has 1 aliphatic heterocycles. The standard InChI is InChI=1S/C8H13N3/c1-11-4-2-7-6-9-10-8(7)3-5-11/h6H,2-5H2,1H3,(H,9,10). The van der Waals surface area contributed by atoms with Crippen LogP contribution in [0.4, 0.5) is 0 Å². The Bertz CT molecular complexity index is 219. The van der Waals surface area contributed by atoms with Crippen LogP contribution in [0.25, 0.3) is 0 Å². The summed E-state index contributed by atoms with van der Waals surface area (Å²) in [6.45, 7) is 2.30. The van der Waals surface area contributed by atoms with Crippen LogP contribution in [0.1, 0.15) is 11.3 Å². The molecule has 1 aromatic rings. The Hall–Kier alpha value is -0.830. The van der Waals surface area contributed by atoms with Gasteiger partial charge in [0.05, 0.1) is 5.69 Å². The summed E-state index contributed by atoms with van der Waals surface area (Å²) in [6.07, 6.45) is 4.26. The minimum absolute atomic E-state index is 1.09. The van der Waals surface area contributed by atoms with Gasteiger partial charge in [-0.2, -0.15) is 5.10 Å². The molecule has 1 N–H and O–H groups in total. The van der Waals surface area contributed by atoms with Crippen molar-refractivity contribution < 1.29 is 0 Å². The second-order valence-electron chi connectivity index (χ2n) is 3.16. The second-order valence-corrected chi connectivity index (χ2v) is 3.16. The molecule has 0 spiro atoms. The Labute approximate surface area is 66.4 Å². The van der Waals surface area contributed by atoms with Gasteiger partial charge in [-0.1, -0.05) is 0 Å². The van der Waals surface area contributed by atoms with E-state index in [1.54, 1.807) is 0 Å². The molecule has 0 fully saturated rings. The number of aromatic nitrogens is 2. The number of hydrogen-bond acceptors (Lipinski definition) is 2. The first-order valence-electron chi connectivity index (χ1n) is 4.06. The highest BCUT2D eigenvalue weighted by Gasteiger charge is 2.11. The Kier molecular flexibility index (Phi) is 1.66. The Morgan fingerprint density at radius 3 is 3.18 bits per heavy atom. The van der Waals surface area contributed by atoms with Crippen LogP contribution in [0.2, 0.25) is 0 Å². The smallest absolute Gasteiger partial charge is 0.0667 e. The van der Waals surface area contributed by atoms with Crippen LogP contribution in [0.15, 0.2) is 6.20 Å². The van der Waals surface area contributed by atoms with Gasteiger partial charge < -0.3 is 4.90 Å². The maximum atomic E-state index is 4.20. The van der Waals surface area contributed by atoms with Crippen LogP contribution < -0.4 is 0 Å².